The van der Waals surface area contributed by atoms with Gasteiger partial charge in [-0.1, -0.05) is 12.1 Å². The Hall–Kier alpha value is -1.70. The van der Waals surface area contributed by atoms with E-state index in [4.69, 9.17) is 0 Å². The lowest BCUT2D eigenvalue weighted by Crippen LogP contribution is -2.35. The molecule has 0 spiro atoms. The van der Waals surface area contributed by atoms with Crippen molar-refractivity contribution in [2.24, 2.45) is 0 Å². The Morgan fingerprint density at radius 2 is 1.85 bits per heavy atom. The Kier molecular flexibility index (Phi) is 5.43. The zero-order valence-electron chi connectivity index (χ0n) is 11.1. The largest absolute Gasteiger partial charge is 0.375 e. The van der Waals surface area contributed by atoms with Gasteiger partial charge in [0.25, 0.3) is 0 Å². The van der Waals surface area contributed by atoms with Crippen molar-refractivity contribution in [1.29, 1.82) is 0 Å². The standard InChI is InChI=1S/C12H16F2N2O3S/c1-8(2)16-11(17)7-15-9-5-3-4-6-10(9)20(18,19)12(13)14/h3-6,8,12,15H,7H2,1-2H3,(H,16,17). The van der Waals surface area contributed by atoms with Crippen LogP contribution in [0.25, 0.3) is 0 Å². The van der Waals surface area contributed by atoms with Crippen LogP contribution in [0.1, 0.15) is 13.8 Å². The minimum atomic E-state index is -4.71. The Morgan fingerprint density at radius 3 is 2.40 bits per heavy atom. The van der Waals surface area contributed by atoms with Crippen molar-refractivity contribution < 1.29 is 22.0 Å². The number of amides is 1. The van der Waals surface area contributed by atoms with Gasteiger partial charge in [0.05, 0.1) is 17.1 Å². The van der Waals surface area contributed by atoms with E-state index >= 15 is 0 Å². The monoisotopic (exact) mass is 306 g/mol. The summed E-state index contributed by atoms with van der Waals surface area (Å²) in [5, 5.41) is 5.15. The van der Waals surface area contributed by atoms with Crippen molar-refractivity contribution in [3.05, 3.63) is 24.3 Å². The number of carbonyl (C=O) groups is 1. The Balaban J connectivity index is 2.90. The molecule has 0 aliphatic heterocycles. The quantitative estimate of drug-likeness (QED) is 0.837. The van der Waals surface area contributed by atoms with E-state index in [0.29, 0.717) is 0 Å². The molecule has 5 nitrogen and oxygen atoms in total. The average Bonchev–Trinajstić information content (AvgIpc) is 2.35. The van der Waals surface area contributed by atoms with Crippen LogP contribution < -0.4 is 10.6 Å². The Labute approximate surface area is 116 Å². The van der Waals surface area contributed by atoms with Gasteiger partial charge in [-0.2, -0.15) is 8.78 Å². The molecule has 2 N–H and O–H groups in total. The number of halogens is 2. The second-order valence-electron chi connectivity index (χ2n) is 4.38. The van der Waals surface area contributed by atoms with Crippen LogP contribution in [0, 0.1) is 0 Å². The molecule has 1 rings (SSSR count). The number of para-hydroxylation sites is 1. The molecule has 0 aromatic heterocycles. The summed E-state index contributed by atoms with van der Waals surface area (Å²) in [7, 11) is -4.71. The van der Waals surface area contributed by atoms with Crippen LogP contribution >= 0.6 is 0 Å². The van der Waals surface area contributed by atoms with Crippen molar-refractivity contribution >= 4 is 21.4 Å². The second kappa shape index (κ2) is 6.65. The fourth-order valence-electron chi connectivity index (χ4n) is 1.51. The molecule has 8 heteroatoms. The maximum Gasteiger partial charge on any atom is 0.341 e. The highest BCUT2D eigenvalue weighted by atomic mass is 32.2. The van der Waals surface area contributed by atoms with Crippen LogP contribution in [-0.2, 0) is 14.6 Å². The van der Waals surface area contributed by atoms with E-state index in [1.807, 2.05) is 0 Å². The van der Waals surface area contributed by atoms with Gasteiger partial charge in [0, 0.05) is 6.04 Å². The minimum absolute atomic E-state index is 0.0216. The lowest BCUT2D eigenvalue weighted by atomic mass is 10.3. The fourth-order valence-corrected chi connectivity index (χ4v) is 2.41. The average molecular weight is 306 g/mol. The number of anilines is 1. The molecule has 0 fully saturated rings. The molecule has 112 valence electrons. The number of hydrogen-bond acceptors (Lipinski definition) is 4. The number of nitrogens with one attached hydrogen (secondary N) is 2. The predicted octanol–water partition coefficient (Wildman–Crippen LogP) is 1.62. The molecule has 0 saturated heterocycles. The van der Waals surface area contributed by atoms with Crippen molar-refractivity contribution in [1.82, 2.24) is 5.32 Å². The lowest BCUT2D eigenvalue weighted by Gasteiger charge is -2.13. The van der Waals surface area contributed by atoms with Crippen LogP contribution in [-0.4, -0.2) is 32.7 Å². The van der Waals surface area contributed by atoms with Gasteiger partial charge in [0.2, 0.25) is 15.7 Å². The van der Waals surface area contributed by atoms with Gasteiger partial charge in [0.1, 0.15) is 0 Å². The first-order chi connectivity index (χ1) is 9.25. The first kappa shape index (κ1) is 16.4. The van der Waals surface area contributed by atoms with Crippen molar-refractivity contribution in [3.8, 4) is 0 Å². The van der Waals surface area contributed by atoms with Crippen molar-refractivity contribution in [2.45, 2.75) is 30.5 Å². The van der Waals surface area contributed by atoms with E-state index < -0.39 is 20.5 Å². The zero-order valence-corrected chi connectivity index (χ0v) is 11.9. The molecule has 0 heterocycles. The highest BCUT2D eigenvalue weighted by Crippen LogP contribution is 2.25. The maximum atomic E-state index is 12.6. The molecule has 0 saturated carbocycles. The molecule has 0 aliphatic carbocycles. The number of sulfone groups is 1. The molecular weight excluding hydrogens is 290 g/mol. The highest BCUT2D eigenvalue weighted by Gasteiger charge is 2.28. The zero-order chi connectivity index (χ0) is 15.3. The number of benzene rings is 1. The molecule has 0 bridgehead atoms. The third kappa shape index (κ3) is 4.16. The van der Waals surface area contributed by atoms with E-state index in [9.17, 15) is 22.0 Å². The topological polar surface area (TPSA) is 75.3 Å². The normalized spacial score (nSPS) is 11.7. The molecule has 1 aromatic carbocycles. The van der Waals surface area contributed by atoms with Crippen LogP contribution in [0.2, 0.25) is 0 Å². The number of carbonyl (C=O) groups excluding carboxylic acids is 1. The summed E-state index contributed by atoms with van der Waals surface area (Å²) in [6, 6.07) is 5.17. The summed E-state index contributed by atoms with van der Waals surface area (Å²) in [6.07, 6.45) is 0. The molecule has 20 heavy (non-hydrogen) atoms. The van der Waals surface area contributed by atoms with Crippen LogP contribution in [0.5, 0.6) is 0 Å². The molecule has 0 atom stereocenters. The first-order valence-electron chi connectivity index (χ1n) is 5.89. The third-order valence-corrected chi connectivity index (χ3v) is 3.76. The van der Waals surface area contributed by atoms with Gasteiger partial charge < -0.3 is 10.6 Å². The minimum Gasteiger partial charge on any atom is -0.375 e. The summed E-state index contributed by atoms with van der Waals surface area (Å²) in [5.41, 5.74) is -0.0216. The van der Waals surface area contributed by atoms with Gasteiger partial charge >= 0.3 is 5.76 Å². The fraction of sp³-hybridized carbons (Fsp3) is 0.417. The van der Waals surface area contributed by atoms with Gasteiger partial charge in [-0.3, -0.25) is 4.79 Å². The number of rotatable bonds is 6. The van der Waals surface area contributed by atoms with Crippen LogP contribution in [0.4, 0.5) is 14.5 Å². The predicted molar refractivity (Wildman–Crippen MR) is 71.4 cm³/mol. The summed E-state index contributed by atoms with van der Waals surface area (Å²) in [6.45, 7) is 3.34. The van der Waals surface area contributed by atoms with Crippen molar-refractivity contribution in [3.63, 3.8) is 0 Å². The molecule has 1 aromatic rings. The van der Waals surface area contributed by atoms with E-state index in [-0.39, 0.29) is 24.2 Å². The highest BCUT2D eigenvalue weighted by molar-refractivity contribution is 7.91. The van der Waals surface area contributed by atoms with Gasteiger partial charge in [0.15, 0.2) is 0 Å². The second-order valence-corrected chi connectivity index (χ2v) is 6.26. The number of alkyl halides is 2. The molecule has 0 unspecified atom stereocenters. The van der Waals surface area contributed by atoms with E-state index in [2.05, 4.69) is 10.6 Å². The summed E-state index contributed by atoms with van der Waals surface area (Å²) >= 11 is 0. The van der Waals surface area contributed by atoms with Crippen LogP contribution in [0.15, 0.2) is 29.2 Å². The van der Waals surface area contributed by atoms with Gasteiger partial charge in [-0.25, -0.2) is 8.42 Å². The summed E-state index contributed by atoms with van der Waals surface area (Å²) in [5.74, 6) is -3.86. The molecule has 0 radical (unpaired) electrons. The van der Waals surface area contributed by atoms with E-state index in [1.54, 1.807) is 13.8 Å². The summed E-state index contributed by atoms with van der Waals surface area (Å²) in [4.78, 5) is 10.9. The third-order valence-electron chi connectivity index (χ3n) is 2.32. The molecule has 1 amide bonds. The van der Waals surface area contributed by atoms with E-state index in [0.717, 1.165) is 6.07 Å². The Morgan fingerprint density at radius 1 is 1.25 bits per heavy atom. The van der Waals surface area contributed by atoms with Crippen LogP contribution in [0.3, 0.4) is 0 Å². The molecular formula is C12H16F2N2O3S. The van der Waals surface area contributed by atoms with Gasteiger partial charge in [-0.05, 0) is 26.0 Å². The lowest BCUT2D eigenvalue weighted by molar-refractivity contribution is -0.119. The molecule has 0 aliphatic rings. The summed E-state index contributed by atoms with van der Waals surface area (Å²) < 4.78 is 48.1. The first-order valence-corrected chi connectivity index (χ1v) is 7.44. The van der Waals surface area contributed by atoms with Gasteiger partial charge in [-0.15, -0.1) is 0 Å². The SMILES string of the molecule is CC(C)NC(=O)CNc1ccccc1S(=O)(=O)C(F)F. The van der Waals surface area contributed by atoms with Crippen molar-refractivity contribution in [2.75, 3.05) is 11.9 Å². The smallest absolute Gasteiger partial charge is 0.341 e. The van der Waals surface area contributed by atoms with E-state index in [1.165, 1.54) is 18.2 Å². The Bertz CT molecular complexity index is 574. The maximum absolute atomic E-state index is 12.6. The number of hydrogen-bond donors (Lipinski definition) is 2.